The number of rotatable bonds is 17. The predicted molar refractivity (Wildman–Crippen MR) is 120 cm³/mol. The zero-order chi connectivity index (χ0) is 19.8. The number of ether oxygens (including phenoxy) is 1. The molecule has 0 aliphatic rings. The Morgan fingerprint density at radius 2 is 1.30 bits per heavy atom. The van der Waals surface area contributed by atoms with Gasteiger partial charge in [-0.2, -0.15) is 0 Å². The van der Waals surface area contributed by atoms with E-state index >= 15 is 0 Å². The molecule has 2 nitrogen and oxygen atoms in total. The summed E-state index contributed by atoms with van der Waals surface area (Å²) in [5, 5.41) is 0. The number of hydrogen-bond donors (Lipinski definition) is 0. The second kappa shape index (κ2) is 18.0. The molecule has 27 heavy (non-hydrogen) atoms. The summed E-state index contributed by atoms with van der Waals surface area (Å²) in [7, 11) is -1.28. The van der Waals surface area contributed by atoms with Gasteiger partial charge in [0, 0.05) is 12.0 Å². The summed E-state index contributed by atoms with van der Waals surface area (Å²) in [5.41, 5.74) is 0.540. The number of carbonyl (C=O) groups is 1. The molecular weight excluding hydrogens is 375 g/mol. The molecule has 0 radical (unpaired) electrons. The Kier molecular flexibility index (Phi) is 19.4. The molecule has 0 spiro atoms. The first kappa shape index (κ1) is 29.1. The van der Waals surface area contributed by atoms with E-state index in [4.69, 9.17) is 4.74 Å². The highest BCUT2D eigenvalue weighted by atomic mass is 35.5. The second-order valence-corrected chi connectivity index (χ2v) is 12.3. The van der Waals surface area contributed by atoms with E-state index in [-0.39, 0.29) is 24.2 Å². The van der Waals surface area contributed by atoms with Crippen LogP contribution in [-0.4, -0.2) is 30.3 Å². The van der Waals surface area contributed by atoms with Gasteiger partial charge in [-0.1, -0.05) is 66.4 Å². The summed E-state index contributed by atoms with van der Waals surface area (Å²) >= 11 is 0. The standard InChI is InChI=1S/C23H46O2P.ClH/c1-7-11-14-15-16-20-26(18-12-8-2,19-13-9-3)22(17-10-4)25-23(24)21(5)6;/h22H,5,7-20H2,1-4,6H3;1H/q+1;/p-1. The first-order valence-corrected chi connectivity index (χ1v) is 13.6. The average Bonchev–Trinajstić information content (AvgIpc) is 2.62. The molecule has 162 valence electrons. The fourth-order valence-electron chi connectivity index (χ4n) is 3.66. The first-order valence-electron chi connectivity index (χ1n) is 11.2. The van der Waals surface area contributed by atoms with Crippen molar-refractivity contribution in [2.24, 2.45) is 0 Å². The van der Waals surface area contributed by atoms with E-state index < -0.39 is 7.26 Å². The average molecular weight is 421 g/mol. The quantitative estimate of drug-likeness (QED) is 0.146. The van der Waals surface area contributed by atoms with Gasteiger partial charge in [0.25, 0.3) is 0 Å². The Bertz CT molecular complexity index is 377. The monoisotopic (exact) mass is 420 g/mol. The lowest BCUT2D eigenvalue weighted by atomic mass is 10.2. The van der Waals surface area contributed by atoms with E-state index in [1.165, 1.54) is 76.3 Å². The van der Waals surface area contributed by atoms with Crippen molar-refractivity contribution in [1.82, 2.24) is 0 Å². The van der Waals surface area contributed by atoms with Crippen molar-refractivity contribution in [3.63, 3.8) is 0 Å². The Hall–Kier alpha value is -0.0700. The second-order valence-electron chi connectivity index (χ2n) is 7.94. The highest BCUT2D eigenvalue weighted by molar-refractivity contribution is 7.76. The number of carbonyl (C=O) groups excluding carboxylic acids is 1. The molecule has 0 aliphatic carbocycles. The van der Waals surface area contributed by atoms with Gasteiger partial charge < -0.3 is 17.1 Å². The molecule has 0 heterocycles. The molecule has 0 aromatic heterocycles. The first-order chi connectivity index (χ1) is 12.5. The number of halogens is 1. The molecule has 4 heteroatoms. The Morgan fingerprint density at radius 1 is 0.815 bits per heavy atom. The van der Waals surface area contributed by atoms with E-state index in [1.807, 2.05) is 0 Å². The minimum atomic E-state index is -1.28. The molecule has 0 aliphatic heterocycles. The summed E-state index contributed by atoms with van der Waals surface area (Å²) in [5.74, 6) is -0.0206. The van der Waals surface area contributed by atoms with Crippen molar-refractivity contribution >= 4 is 13.2 Å². The predicted octanol–water partition coefficient (Wildman–Crippen LogP) is 4.82. The zero-order valence-electron chi connectivity index (χ0n) is 18.8. The van der Waals surface area contributed by atoms with Crippen molar-refractivity contribution in [2.75, 3.05) is 18.5 Å². The van der Waals surface area contributed by atoms with Crippen LogP contribution in [0.5, 0.6) is 0 Å². The molecule has 0 amide bonds. The van der Waals surface area contributed by atoms with Crippen molar-refractivity contribution < 1.29 is 21.9 Å². The van der Waals surface area contributed by atoms with Crippen LogP contribution in [0.1, 0.15) is 105 Å². The molecule has 0 bridgehead atoms. The Labute approximate surface area is 177 Å². The molecule has 0 saturated heterocycles. The molecule has 0 saturated carbocycles. The fraction of sp³-hybridized carbons (Fsp3) is 0.870. The van der Waals surface area contributed by atoms with E-state index in [9.17, 15) is 4.79 Å². The van der Waals surface area contributed by atoms with Crippen LogP contribution in [0.4, 0.5) is 0 Å². The van der Waals surface area contributed by atoms with Crippen LogP contribution in [0, 0.1) is 0 Å². The molecule has 1 atom stereocenters. The summed E-state index contributed by atoms with van der Waals surface area (Å²) in [4.78, 5) is 12.3. The van der Waals surface area contributed by atoms with E-state index in [2.05, 4.69) is 34.3 Å². The lowest BCUT2D eigenvalue weighted by Gasteiger charge is -2.34. The molecule has 0 aromatic rings. The maximum absolute atomic E-state index is 12.3. The van der Waals surface area contributed by atoms with Crippen molar-refractivity contribution in [3.05, 3.63) is 12.2 Å². The van der Waals surface area contributed by atoms with Crippen LogP contribution in [0.25, 0.3) is 0 Å². The van der Waals surface area contributed by atoms with Gasteiger partial charge in [0.2, 0.25) is 5.85 Å². The van der Waals surface area contributed by atoms with Crippen molar-refractivity contribution in [1.29, 1.82) is 0 Å². The van der Waals surface area contributed by atoms with Gasteiger partial charge in [0.15, 0.2) is 0 Å². The molecule has 0 rings (SSSR count). The molecule has 1 unspecified atom stereocenters. The van der Waals surface area contributed by atoms with Crippen LogP contribution in [-0.2, 0) is 9.53 Å². The number of esters is 1. The lowest BCUT2D eigenvalue weighted by Crippen LogP contribution is -3.00. The summed E-state index contributed by atoms with van der Waals surface area (Å²) in [6.45, 7) is 14.6. The van der Waals surface area contributed by atoms with E-state index in [0.717, 1.165) is 12.8 Å². The highest BCUT2D eigenvalue weighted by Crippen LogP contribution is 2.66. The van der Waals surface area contributed by atoms with E-state index in [0.29, 0.717) is 5.57 Å². The summed E-state index contributed by atoms with van der Waals surface area (Å²) in [6, 6.07) is 0. The van der Waals surface area contributed by atoms with E-state index in [1.54, 1.807) is 6.92 Å². The van der Waals surface area contributed by atoms with Gasteiger partial charge in [-0.25, -0.2) is 4.79 Å². The number of hydrogen-bond acceptors (Lipinski definition) is 2. The Balaban J connectivity index is 0. The topological polar surface area (TPSA) is 26.3 Å². The third-order valence-electron chi connectivity index (χ3n) is 5.36. The van der Waals surface area contributed by atoms with Gasteiger partial charge in [-0.3, -0.25) is 0 Å². The Morgan fingerprint density at radius 3 is 1.74 bits per heavy atom. The van der Waals surface area contributed by atoms with Crippen LogP contribution >= 0.6 is 7.26 Å². The maximum atomic E-state index is 12.3. The van der Waals surface area contributed by atoms with Gasteiger partial charge in [-0.15, -0.1) is 0 Å². The minimum Gasteiger partial charge on any atom is -1.00 e. The van der Waals surface area contributed by atoms with Gasteiger partial charge >= 0.3 is 5.97 Å². The van der Waals surface area contributed by atoms with Crippen LogP contribution in [0.15, 0.2) is 12.2 Å². The van der Waals surface area contributed by atoms with Crippen molar-refractivity contribution in [3.8, 4) is 0 Å². The van der Waals surface area contributed by atoms with Crippen LogP contribution < -0.4 is 12.4 Å². The molecule has 0 aromatic carbocycles. The molecule has 0 N–H and O–H groups in total. The van der Waals surface area contributed by atoms with Gasteiger partial charge in [-0.05, 0) is 39.0 Å². The summed E-state index contributed by atoms with van der Waals surface area (Å²) in [6.07, 6.45) is 17.7. The van der Waals surface area contributed by atoms with Gasteiger partial charge in [0.05, 0.1) is 25.7 Å². The maximum Gasteiger partial charge on any atom is 0.336 e. The lowest BCUT2D eigenvalue weighted by molar-refractivity contribution is -0.140. The third-order valence-corrected chi connectivity index (χ3v) is 10.6. The SMILES string of the molecule is C=C(C)C(=O)OC(CCC)[P+](CCCC)(CCCC)CCCCCCC.[Cl-]. The van der Waals surface area contributed by atoms with Gasteiger partial charge in [0.1, 0.15) is 0 Å². The van der Waals surface area contributed by atoms with Crippen LogP contribution in [0.3, 0.4) is 0 Å². The fourth-order valence-corrected chi connectivity index (χ4v) is 9.06. The van der Waals surface area contributed by atoms with Crippen LogP contribution in [0.2, 0.25) is 0 Å². The largest absolute Gasteiger partial charge is 1.00 e. The highest BCUT2D eigenvalue weighted by Gasteiger charge is 2.46. The minimum absolute atomic E-state index is 0. The zero-order valence-corrected chi connectivity index (χ0v) is 20.5. The van der Waals surface area contributed by atoms with Crippen molar-refractivity contribution in [2.45, 2.75) is 111 Å². The number of unbranched alkanes of at least 4 members (excludes halogenated alkanes) is 6. The molecule has 0 fully saturated rings. The normalized spacial score (nSPS) is 12.3. The molecular formula is C23H46ClO2P. The summed E-state index contributed by atoms with van der Waals surface area (Å²) < 4.78 is 6.10. The smallest absolute Gasteiger partial charge is 0.336 e. The third kappa shape index (κ3) is 12.2.